The van der Waals surface area contributed by atoms with E-state index in [1.54, 1.807) is 6.20 Å². The van der Waals surface area contributed by atoms with Gasteiger partial charge in [-0.3, -0.25) is 14.8 Å². The summed E-state index contributed by atoms with van der Waals surface area (Å²) in [6, 6.07) is 13.1. The van der Waals surface area contributed by atoms with E-state index >= 15 is 0 Å². The Hall–Kier alpha value is -4.71. The number of amides is 1. The summed E-state index contributed by atoms with van der Waals surface area (Å²) in [7, 11) is -3.47. The van der Waals surface area contributed by atoms with Gasteiger partial charge in [-0.25, -0.2) is 23.4 Å². The molecule has 1 aliphatic heterocycles. The van der Waals surface area contributed by atoms with E-state index in [-0.39, 0.29) is 23.0 Å². The van der Waals surface area contributed by atoms with Crippen LogP contribution in [0.4, 0.5) is 5.82 Å². The molecule has 1 atom stereocenters. The molecule has 0 saturated carbocycles. The van der Waals surface area contributed by atoms with E-state index in [2.05, 4.69) is 30.2 Å². The number of sulfone groups is 1. The first-order chi connectivity index (χ1) is 19.3. The van der Waals surface area contributed by atoms with E-state index in [1.807, 2.05) is 48.8 Å². The van der Waals surface area contributed by atoms with Crippen molar-refractivity contribution < 1.29 is 13.2 Å². The van der Waals surface area contributed by atoms with E-state index in [0.29, 0.717) is 5.69 Å². The van der Waals surface area contributed by atoms with E-state index in [9.17, 15) is 13.2 Å². The quantitative estimate of drug-likeness (QED) is 0.310. The fraction of sp³-hybridized carbons (Fsp3) is 0.214. The molecule has 0 bridgehead atoms. The highest BCUT2D eigenvalue weighted by molar-refractivity contribution is 7.90. The number of hydrogen-bond donors (Lipinski definition) is 2. The molecule has 1 aliphatic rings. The number of aromatic nitrogens is 6. The number of nitrogens with one attached hydrogen (secondary N) is 2. The lowest BCUT2D eigenvalue weighted by atomic mass is 10.1. The van der Waals surface area contributed by atoms with E-state index in [4.69, 9.17) is 9.97 Å². The van der Waals surface area contributed by atoms with Gasteiger partial charge in [-0.05, 0) is 42.8 Å². The summed E-state index contributed by atoms with van der Waals surface area (Å²) in [5.74, 6) is 1.46. The van der Waals surface area contributed by atoms with Crippen molar-refractivity contribution in [3.8, 4) is 11.4 Å². The van der Waals surface area contributed by atoms with Crippen LogP contribution in [0.1, 0.15) is 28.3 Å². The number of rotatable bonds is 7. The molecule has 40 heavy (non-hydrogen) atoms. The van der Waals surface area contributed by atoms with Crippen LogP contribution < -0.4 is 10.6 Å². The van der Waals surface area contributed by atoms with Crippen LogP contribution in [0.5, 0.6) is 0 Å². The molecule has 12 heteroatoms. The molecule has 202 valence electrons. The number of hydrogen-bond acceptors (Lipinski definition) is 9. The zero-order valence-electron chi connectivity index (χ0n) is 21.7. The van der Waals surface area contributed by atoms with Crippen LogP contribution in [-0.2, 0) is 29.3 Å². The van der Waals surface area contributed by atoms with Crippen LogP contribution in [0, 0.1) is 0 Å². The first-order valence-electron chi connectivity index (χ1n) is 12.7. The predicted molar refractivity (Wildman–Crippen MR) is 149 cm³/mol. The Morgan fingerprint density at radius 3 is 2.80 bits per heavy atom. The molecule has 5 aromatic rings. The normalized spacial score (nSPS) is 15.0. The van der Waals surface area contributed by atoms with Crippen molar-refractivity contribution in [2.75, 3.05) is 11.6 Å². The molecular weight excluding hydrogens is 528 g/mol. The van der Waals surface area contributed by atoms with Crippen molar-refractivity contribution >= 4 is 32.5 Å². The highest BCUT2D eigenvalue weighted by atomic mass is 32.2. The molecule has 5 aromatic heterocycles. The second-order valence-electron chi connectivity index (χ2n) is 9.71. The Balaban J connectivity index is 1.16. The Morgan fingerprint density at radius 2 is 1.93 bits per heavy atom. The molecular formula is C28H26N8O3S. The fourth-order valence-electron chi connectivity index (χ4n) is 4.67. The minimum Gasteiger partial charge on any atom is -0.366 e. The van der Waals surface area contributed by atoms with Crippen molar-refractivity contribution in [3.63, 3.8) is 0 Å². The van der Waals surface area contributed by atoms with Gasteiger partial charge in [-0.2, -0.15) is 0 Å². The molecule has 1 amide bonds. The first kappa shape index (κ1) is 25.6. The summed E-state index contributed by atoms with van der Waals surface area (Å²) in [6.45, 7) is 0.989. The Kier molecular flexibility index (Phi) is 6.68. The standard InChI is InChI=1S/C28H26N8O3S/c1-40(38,39)22-11-19(13-29-16-22)28(37)32-15-21-12-25-18(14-31-21)5-7-24(34-25)23-3-2-4-26(35-23)33-20-6-8-27-30-9-10-36(27)17-20/h2-5,7,9-14,16,20H,6,8,15,17H2,1H3,(H,32,37)(H,33,35)/t20-/m1/s1. The molecule has 6 heterocycles. The van der Waals surface area contributed by atoms with Gasteiger partial charge >= 0.3 is 0 Å². The van der Waals surface area contributed by atoms with Gasteiger partial charge in [-0.15, -0.1) is 0 Å². The van der Waals surface area contributed by atoms with Crippen LogP contribution in [-0.4, -0.2) is 56.1 Å². The van der Waals surface area contributed by atoms with Crippen molar-refractivity contribution in [3.05, 3.63) is 90.5 Å². The zero-order valence-corrected chi connectivity index (χ0v) is 22.5. The van der Waals surface area contributed by atoms with Gasteiger partial charge in [0.1, 0.15) is 11.6 Å². The van der Waals surface area contributed by atoms with Gasteiger partial charge in [0, 0.05) is 61.6 Å². The second kappa shape index (κ2) is 10.5. The highest BCUT2D eigenvalue weighted by Crippen LogP contribution is 2.23. The van der Waals surface area contributed by atoms with Gasteiger partial charge in [0.05, 0.1) is 39.6 Å². The van der Waals surface area contributed by atoms with Gasteiger partial charge in [0.2, 0.25) is 0 Å². The molecule has 0 aromatic carbocycles. The molecule has 0 radical (unpaired) electrons. The summed E-state index contributed by atoms with van der Waals surface area (Å²) in [4.78, 5) is 34.9. The number of imidazole rings is 1. The molecule has 2 N–H and O–H groups in total. The second-order valence-corrected chi connectivity index (χ2v) is 11.7. The van der Waals surface area contributed by atoms with Crippen LogP contribution in [0.15, 0.2) is 78.3 Å². The average Bonchev–Trinajstić information content (AvgIpc) is 3.43. The van der Waals surface area contributed by atoms with Crippen LogP contribution in [0.3, 0.4) is 0 Å². The minimum absolute atomic E-state index is 0.0142. The molecule has 11 nitrogen and oxygen atoms in total. The van der Waals surface area contributed by atoms with Crippen molar-refractivity contribution in [1.82, 2.24) is 34.8 Å². The third kappa shape index (κ3) is 5.52. The van der Waals surface area contributed by atoms with Crippen LogP contribution in [0.25, 0.3) is 22.3 Å². The summed E-state index contributed by atoms with van der Waals surface area (Å²) >= 11 is 0. The molecule has 0 fully saturated rings. The average molecular weight is 555 g/mol. The molecule has 0 unspecified atom stereocenters. The largest absolute Gasteiger partial charge is 0.366 e. The number of aryl methyl sites for hydroxylation is 1. The topological polar surface area (TPSA) is 145 Å². The molecule has 0 saturated heterocycles. The number of nitrogens with zero attached hydrogens (tertiary/aromatic N) is 6. The van der Waals surface area contributed by atoms with Gasteiger partial charge in [0.15, 0.2) is 9.84 Å². The summed E-state index contributed by atoms with van der Waals surface area (Å²) in [6.07, 6.45) is 11.1. The lowest BCUT2D eigenvalue weighted by Crippen LogP contribution is -2.31. The summed E-state index contributed by atoms with van der Waals surface area (Å²) < 4.78 is 25.7. The Labute approximate surface area is 230 Å². The van der Waals surface area contributed by atoms with Crippen LogP contribution in [0.2, 0.25) is 0 Å². The third-order valence-electron chi connectivity index (χ3n) is 6.76. The van der Waals surface area contributed by atoms with Gasteiger partial charge in [0.25, 0.3) is 5.91 Å². The smallest absolute Gasteiger partial charge is 0.253 e. The molecule has 0 aliphatic carbocycles. The van der Waals surface area contributed by atoms with Gasteiger partial charge < -0.3 is 15.2 Å². The van der Waals surface area contributed by atoms with Gasteiger partial charge in [-0.1, -0.05) is 6.07 Å². The molecule has 6 rings (SSSR count). The third-order valence-corrected chi connectivity index (χ3v) is 7.84. The SMILES string of the molecule is CS(=O)(=O)c1cncc(C(=O)NCc2cc3nc(-c4cccc(N[C@@H]5CCc6nccn6C5)n4)ccc3cn2)c1. The van der Waals surface area contributed by atoms with Crippen molar-refractivity contribution in [2.45, 2.75) is 36.9 Å². The number of anilines is 1. The maximum absolute atomic E-state index is 12.6. The van der Waals surface area contributed by atoms with Crippen molar-refractivity contribution in [1.29, 1.82) is 0 Å². The number of carbonyl (C=O) groups excluding carboxylic acids is 1. The first-order valence-corrected chi connectivity index (χ1v) is 14.6. The monoisotopic (exact) mass is 554 g/mol. The maximum atomic E-state index is 12.6. The Morgan fingerprint density at radius 1 is 1.05 bits per heavy atom. The predicted octanol–water partition coefficient (Wildman–Crippen LogP) is 3.04. The highest BCUT2D eigenvalue weighted by Gasteiger charge is 2.19. The maximum Gasteiger partial charge on any atom is 0.253 e. The number of pyridine rings is 4. The van der Waals surface area contributed by atoms with Crippen LogP contribution >= 0.6 is 0 Å². The summed E-state index contributed by atoms with van der Waals surface area (Å²) in [5.41, 5.74) is 2.95. The fourth-order valence-corrected chi connectivity index (χ4v) is 5.26. The van der Waals surface area contributed by atoms with E-state index in [1.165, 1.54) is 18.5 Å². The van der Waals surface area contributed by atoms with Crippen molar-refractivity contribution in [2.24, 2.45) is 0 Å². The minimum atomic E-state index is -3.47. The Bertz CT molecular complexity index is 1840. The van der Waals surface area contributed by atoms with E-state index in [0.717, 1.165) is 59.6 Å². The summed E-state index contributed by atoms with van der Waals surface area (Å²) in [5, 5.41) is 7.17. The molecule has 0 spiro atoms. The lowest BCUT2D eigenvalue weighted by Gasteiger charge is -2.25. The lowest BCUT2D eigenvalue weighted by molar-refractivity contribution is 0.0950. The number of fused-ring (bicyclic) bond motifs is 2. The number of carbonyl (C=O) groups is 1. The zero-order chi connectivity index (χ0) is 27.7. The van der Waals surface area contributed by atoms with E-state index < -0.39 is 15.7 Å².